The molecule has 2 aliphatic heterocycles. The van der Waals surface area contributed by atoms with E-state index in [1.54, 1.807) is 11.8 Å². The van der Waals surface area contributed by atoms with Gasteiger partial charge in [-0.1, -0.05) is 0 Å². The van der Waals surface area contributed by atoms with Crippen LogP contribution in [-0.4, -0.2) is 46.9 Å². The number of nitrogens with zero attached hydrogens (tertiary/aromatic N) is 1. The maximum absolute atomic E-state index is 12.2. The molecule has 2 unspecified atom stereocenters. The van der Waals surface area contributed by atoms with Gasteiger partial charge in [-0.25, -0.2) is 0 Å². The van der Waals surface area contributed by atoms with Gasteiger partial charge in [0.25, 0.3) is 0 Å². The first-order chi connectivity index (χ1) is 7.02. The van der Waals surface area contributed by atoms with Crippen molar-refractivity contribution >= 4 is 17.7 Å². The predicted octanol–water partition coefficient (Wildman–Crippen LogP) is 0.632. The monoisotopic (exact) mass is 230 g/mol. The Labute approximate surface area is 94.7 Å². The lowest BCUT2D eigenvalue weighted by Crippen LogP contribution is -2.54. The summed E-state index contributed by atoms with van der Waals surface area (Å²) < 4.78 is 5.53. The van der Waals surface area contributed by atoms with Gasteiger partial charge in [0.05, 0.1) is 18.2 Å². The average Bonchev–Trinajstić information content (AvgIpc) is 2.74. The fourth-order valence-corrected chi connectivity index (χ4v) is 3.09. The maximum atomic E-state index is 12.2. The van der Waals surface area contributed by atoms with E-state index in [-0.39, 0.29) is 23.7 Å². The lowest BCUT2D eigenvalue weighted by molar-refractivity contribution is -0.140. The highest BCUT2D eigenvalue weighted by Crippen LogP contribution is 2.28. The third-order valence-electron chi connectivity index (χ3n) is 2.95. The van der Waals surface area contributed by atoms with Gasteiger partial charge >= 0.3 is 0 Å². The molecular weight excluding hydrogens is 212 g/mol. The summed E-state index contributed by atoms with van der Waals surface area (Å²) in [6.07, 6.45) is -0.0973. The van der Waals surface area contributed by atoms with Gasteiger partial charge < -0.3 is 9.64 Å². The molecule has 2 saturated heterocycles. The Morgan fingerprint density at radius 1 is 1.60 bits per heavy atom. The summed E-state index contributed by atoms with van der Waals surface area (Å²) in [6.45, 7) is 6.67. The number of carbonyl (C=O) groups excluding carboxylic acids is 1. The first-order valence-corrected chi connectivity index (χ1v) is 6.44. The van der Waals surface area contributed by atoms with Crippen LogP contribution in [0.1, 0.15) is 20.8 Å². The summed E-state index contributed by atoms with van der Waals surface area (Å²) in [5.41, 5.74) is -0.175. The van der Waals surface area contributed by atoms with Crippen molar-refractivity contribution in [3.05, 3.63) is 0 Å². The molecule has 2 aliphatic rings. The van der Waals surface area contributed by atoms with Gasteiger partial charge in [0.15, 0.2) is 0 Å². The van der Waals surface area contributed by atoms with Crippen molar-refractivity contribution in [1.29, 1.82) is 0 Å². The Bertz CT molecular complexity index is 264. The molecule has 0 bridgehead atoms. The van der Waals surface area contributed by atoms with Crippen LogP contribution in [0.4, 0.5) is 0 Å². The molecule has 4 nitrogen and oxygen atoms in total. The first kappa shape index (κ1) is 11.2. The minimum absolute atomic E-state index is 0.0292. The van der Waals surface area contributed by atoms with E-state index in [0.717, 1.165) is 11.6 Å². The fraction of sp³-hybridized carbons (Fsp3) is 0.900. The number of hydrogen-bond acceptors (Lipinski definition) is 4. The van der Waals surface area contributed by atoms with Crippen LogP contribution in [0.25, 0.3) is 0 Å². The van der Waals surface area contributed by atoms with Gasteiger partial charge in [-0.05, 0) is 20.8 Å². The Morgan fingerprint density at radius 3 is 2.80 bits per heavy atom. The van der Waals surface area contributed by atoms with Crippen molar-refractivity contribution in [3.63, 3.8) is 0 Å². The largest absolute Gasteiger partial charge is 0.356 e. The van der Waals surface area contributed by atoms with Crippen molar-refractivity contribution in [2.24, 2.45) is 0 Å². The highest BCUT2D eigenvalue weighted by Gasteiger charge is 2.44. The van der Waals surface area contributed by atoms with E-state index in [2.05, 4.69) is 19.2 Å². The molecule has 2 fully saturated rings. The van der Waals surface area contributed by atoms with Crippen LogP contribution in [0.3, 0.4) is 0 Å². The van der Waals surface area contributed by atoms with Gasteiger partial charge in [-0.2, -0.15) is 0 Å². The molecule has 2 heterocycles. The number of rotatable bonds is 1. The molecule has 5 heteroatoms. The summed E-state index contributed by atoms with van der Waals surface area (Å²) >= 11 is 1.77. The van der Waals surface area contributed by atoms with Crippen LogP contribution in [0, 0.1) is 0 Å². The molecule has 0 radical (unpaired) electrons. The van der Waals surface area contributed by atoms with Crippen LogP contribution in [0.2, 0.25) is 0 Å². The highest BCUT2D eigenvalue weighted by atomic mass is 32.2. The molecule has 0 saturated carbocycles. The van der Waals surface area contributed by atoms with Gasteiger partial charge in [0, 0.05) is 11.6 Å². The Balaban J connectivity index is 2.10. The fourth-order valence-electron chi connectivity index (χ4n) is 2.16. The molecule has 86 valence electrons. The summed E-state index contributed by atoms with van der Waals surface area (Å²) in [4.78, 5) is 14.1. The molecule has 0 aromatic carbocycles. The minimum atomic E-state index is -0.175. The molecule has 2 atom stereocenters. The molecule has 0 aromatic rings. The molecular formula is C10H18N2O2S. The lowest BCUT2D eigenvalue weighted by Gasteiger charge is -2.33. The van der Waals surface area contributed by atoms with E-state index < -0.39 is 0 Å². The summed E-state index contributed by atoms with van der Waals surface area (Å²) in [6, 6.07) is -0.0292. The number of nitrogens with one attached hydrogen (secondary N) is 1. The quantitative estimate of drug-likeness (QED) is 0.717. The zero-order valence-electron chi connectivity index (χ0n) is 9.45. The number of carbonyl (C=O) groups is 1. The second-order valence-corrected chi connectivity index (χ2v) is 5.73. The number of amides is 1. The zero-order valence-corrected chi connectivity index (χ0v) is 10.3. The van der Waals surface area contributed by atoms with Crippen molar-refractivity contribution in [2.45, 2.75) is 38.6 Å². The van der Waals surface area contributed by atoms with E-state index in [1.165, 1.54) is 0 Å². The van der Waals surface area contributed by atoms with Gasteiger partial charge in [-0.15, -0.1) is 11.8 Å². The average molecular weight is 230 g/mol. The van der Waals surface area contributed by atoms with Crippen molar-refractivity contribution in [2.75, 3.05) is 18.2 Å². The van der Waals surface area contributed by atoms with Crippen molar-refractivity contribution in [1.82, 2.24) is 10.2 Å². The number of ether oxygens (including phenoxy) is 1. The van der Waals surface area contributed by atoms with Crippen LogP contribution in [0.5, 0.6) is 0 Å². The standard InChI is InChI=1S/C10H18N2O2S/c1-7-12(10(2,3)5-14-7)9(13)8-4-15-6-11-8/h7-8,11H,4-6H2,1-3H3. The summed E-state index contributed by atoms with van der Waals surface area (Å²) in [5.74, 6) is 1.92. The Hall–Kier alpha value is -0.260. The number of hydrogen-bond donors (Lipinski definition) is 1. The zero-order chi connectivity index (χ0) is 11.1. The molecule has 0 aromatic heterocycles. The molecule has 0 aliphatic carbocycles. The maximum Gasteiger partial charge on any atom is 0.243 e. The van der Waals surface area contributed by atoms with Crippen LogP contribution >= 0.6 is 11.8 Å². The number of thioether (sulfide) groups is 1. The minimum Gasteiger partial charge on any atom is -0.356 e. The van der Waals surface area contributed by atoms with E-state index >= 15 is 0 Å². The topological polar surface area (TPSA) is 41.6 Å². The third kappa shape index (κ3) is 2.00. The smallest absolute Gasteiger partial charge is 0.243 e. The van der Waals surface area contributed by atoms with Gasteiger partial charge in [0.1, 0.15) is 6.23 Å². The highest BCUT2D eigenvalue weighted by molar-refractivity contribution is 7.99. The molecule has 1 N–H and O–H groups in total. The van der Waals surface area contributed by atoms with Crippen LogP contribution in [-0.2, 0) is 9.53 Å². The summed E-state index contributed by atoms with van der Waals surface area (Å²) in [5, 5.41) is 3.21. The molecule has 15 heavy (non-hydrogen) atoms. The third-order valence-corrected chi connectivity index (χ3v) is 3.89. The molecule has 0 spiro atoms. The predicted molar refractivity (Wildman–Crippen MR) is 60.6 cm³/mol. The van der Waals surface area contributed by atoms with E-state index in [0.29, 0.717) is 6.61 Å². The first-order valence-electron chi connectivity index (χ1n) is 5.28. The second kappa shape index (κ2) is 3.96. The lowest BCUT2D eigenvalue weighted by atomic mass is 10.0. The molecule has 1 amide bonds. The van der Waals surface area contributed by atoms with Crippen LogP contribution < -0.4 is 5.32 Å². The SMILES string of the molecule is CC1OCC(C)(C)N1C(=O)C1CSCN1. The second-order valence-electron chi connectivity index (χ2n) is 4.70. The Kier molecular flexibility index (Phi) is 2.96. The van der Waals surface area contributed by atoms with Crippen molar-refractivity contribution in [3.8, 4) is 0 Å². The normalized spacial score (nSPS) is 34.7. The van der Waals surface area contributed by atoms with E-state index in [9.17, 15) is 4.79 Å². The van der Waals surface area contributed by atoms with E-state index in [4.69, 9.17) is 4.74 Å². The van der Waals surface area contributed by atoms with Crippen LogP contribution in [0.15, 0.2) is 0 Å². The van der Waals surface area contributed by atoms with Gasteiger partial charge in [0.2, 0.25) is 5.91 Å². The Morgan fingerprint density at radius 2 is 2.33 bits per heavy atom. The van der Waals surface area contributed by atoms with Crippen molar-refractivity contribution < 1.29 is 9.53 Å². The molecule has 2 rings (SSSR count). The van der Waals surface area contributed by atoms with E-state index in [1.807, 2.05) is 11.8 Å². The summed E-state index contributed by atoms with van der Waals surface area (Å²) in [7, 11) is 0. The van der Waals surface area contributed by atoms with Gasteiger partial charge in [-0.3, -0.25) is 10.1 Å².